The first kappa shape index (κ1) is 12.3. The molecule has 0 aliphatic carbocycles. The fourth-order valence-corrected chi connectivity index (χ4v) is 1.31. The maximum atomic E-state index is 11.2. The van der Waals surface area contributed by atoms with Gasteiger partial charge in [-0.3, -0.25) is 15.0 Å². The maximum Gasteiger partial charge on any atom is 0.279 e. The van der Waals surface area contributed by atoms with Crippen molar-refractivity contribution in [2.45, 2.75) is 13.8 Å². The van der Waals surface area contributed by atoms with Crippen LogP contribution in [0, 0.1) is 0 Å². The molecule has 0 atom stereocenters. The Balaban J connectivity index is 3.37. The Hall–Kier alpha value is -1.82. The van der Waals surface area contributed by atoms with Crippen LogP contribution in [0.2, 0.25) is 0 Å². The lowest BCUT2D eigenvalue weighted by molar-refractivity contribution is -0.144. The molecule has 1 heterocycles. The molecule has 0 saturated carbocycles. The first-order valence-corrected chi connectivity index (χ1v) is 4.76. The number of amides is 1. The normalized spacial score (nSPS) is 22.2. The van der Waals surface area contributed by atoms with Crippen molar-refractivity contribution in [3.63, 3.8) is 0 Å². The quantitative estimate of drug-likeness (QED) is 0.543. The molecule has 0 aromatic carbocycles. The van der Waals surface area contributed by atoms with E-state index in [1.54, 1.807) is 13.8 Å². The standard InChI is InChI=1S/C10H14N2O4/c1-4-11-10-9(6(2)16-3)7(13)5-8(14)12(10)15/h5,13,15H,4H2,1-3H3/b9-6+,11-10?. The SMILES string of the molecule is CCN=C1/C(=C(\C)OC)C(O)=CC(=O)N1O. The number of aliphatic imine (C=N–C) groups is 1. The summed E-state index contributed by atoms with van der Waals surface area (Å²) in [6, 6.07) is 0. The van der Waals surface area contributed by atoms with Gasteiger partial charge < -0.3 is 9.84 Å². The molecule has 0 aromatic rings. The van der Waals surface area contributed by atoms with Crippen molar-refractivity contribution in [1.29, 1.82) is 0 Å². The van der Waals surface area contributed by atoms with Gasteiger partial charge in [-0.25, -0.2) is 0 Å². The highest BCUT2D eigenvalue weighted by Crippen LogP contribution is 2.21. The number of amidine groups is 1. The average molecular weight is 226 g/mol. The Morgan fingerprint density at radius 1 is 1.62 bits per heavy atom. The molecule has 0 spiro atoms. The van der Waals surface area contributed by atoms with Crippen LogP contribution < -0.4 is 0 Å². The summed E-state index contributed by atoms with van der Waals surface area (Å²) in [7, 11) is 1.43. The molecule has 0 radical (unpaired) electrons. The zero-order valence-electron chi connectivity index (χ0n) is 9.39. The first-order valence-electron chi connectivity index (χ1n) is 4.76. The Morgan fingerprint density at radius 2 is 2.25 bits per heavy atom. The molecule has 0 unspecified atom stereocenters. The van der Waals surface area contributed by atoms with E-state index >= 15 is 0 Å². The predicted octanol–water partition coefficient (Wildman–Crippen LogP) is 0.998. The maximum absolute atomic E-state index is 11.2. The van der Waals surface area contributed by atoms with Crippen molar-refractivity contribution in [2.75, 3.05) is 13.7 Å². The van der Waals surface area contributed by atoms with Crippen LogP contribution in [-0.2, 0) is 9.53 Å². The van der Waals surface area contributed by atoms with Gasteiger partial charge in [0.25, 0.3) is 5.91 Å². The zero-order chi connectivity index (χ0) is 12.3. The van der Waals surface area contributed by atoms with E-state index in [1.165, 1.54) is 7.11 Å². The molecule has 88 valence electrons. The highest BCUT2D eigenvalue weighted by molar-refractivity contribution is 6.15. The lowest BCUT2D eigenvalue weighted by atomic mass is 10.1. The molecule has 1 aliphatic rings. The van der Waals surface area contributed by atoms with Gasteiger partial charge >= 0.3 is 0 Å². The molecule has 6 heteroatoms. The van der Waals surface area contributed by atoms with Gasteiger partial charge in [0.15, 0.2) is 5.84 Å². The third-order valence-corrected chi connectivity index (χ3v) is 2.12. The van der Waals surface area contributed by atoms with Crippen LogP contribution in [0.4, 0.5) is 0 Å². The number of aliphatic hydroxyl groups is 1. The Bertz CT molecular complexity index is 396. The highest BCUT2D eigenvalue weighted by atomic mass is 16.5. The van der Waals surface area contributed by atoms with Gasteiger partial charge in [-0.15, -0.1) is 0 Å². The van der Waals surface area contributed by atoms with Crippen LogP contribution in [-0.4, -0.2) is 40.8 Å². The molecule has 16 heavy (non-hydrogen) atoms. The summed E-state index contributed by atoms with van der Waals surface area (Å²) in [6.45, 7) is 3.72. The molecule has 1 aliphatic heterocycles. The fraction of sp³-hybridized carbons (Fsp3) is 0.400. The van der Waals surface area contributed by atoms with E-state index in [2.05, 4.69) is 4.99 Å². The summed E-state index contributed by atoms with van der Waals surface area (Å²) in [6.07, 6.45) is 0.909. The summed E-state index contributed by atoms with van der Waals surface area (Å²) < 4.78 is 4.97. The largest absolute Gasteiger partial charge is 0.507 e. The lowest BCUT2D eigenvalue weighted by Crippen LogP contribution is -2.38. The van der Waals surface area contributed by atoms with Crippen molar-refractivity contribution >= 4 is 11.7 Å². The second-order valence-corrected chi connectivity index (χ2v) is 3.11. The second-order valence-electron chi connectivity index (χ2n) is 3.11. The van der Waals surface area contributed by atoms with Gasteiger partial charge in [-0.1, -0.05) is 0 Å². The van der Waals surface area contributed by atoms with Crippen LogP contribution in [0.3, 0.4) is 0 Å². The molecular weight excluding hydrogens is 212 g/mol. The predicted molar refractivity (Wildman–Crippen MR) is 57.0 cm³/mol. The van der Waals surface area contributed by atoms with Crippen molar-refractivity contribution in [1.82, 2.24) is 5.06 Å². The van der Waals surface area contributed by atoms with Crippen molar-refractivity contribution in [3.05, 3.63) is 23.2 Å². The van der Waals surface area contributed by atoms with E-state index in [0.29, 0.717) is 17.4 Å². The third kappa shape index (κ3) is 2.06. The molecule has 0 saturated heterocycles. The molecular formula is C10H14N2O4. The van der Waals surface area contributed by atoms with Crippen LogP contribution in [0.15, 0.2) is 28.2 Å². The second kappa shape index (κ2) is 4.80. The van der Waals surface area contributed by atoms with Crippen molar-refractivity contribution in [3.8, 4) is 0 Å². The minimum Gasteiger partial charge on any atom is -0.507 e. The molecule has 2 N–H and O–H groups in total. The minimum atomic E-state index is -0.739. The van der Waals surface area contributed by atoms with Crippen LogP contribution in [0.1, 0.15) is 13.8 Å². The van der Waals surface area contributed by atoms with Gasteiger partial charge in [0.2, 0.25) is 0 Å². The number of nitrogens with zero attached hydrogens (tertiary/aromatic N) is 2. The highest BCUT2D eigenvalue weighted by Gasteiger charge is 2.30. The molecule has 0 aromatic heterocycles. The van der Waals surface area contributed by atoms with Gasteiger partial charge in [0.05, 0.1) is 12.7 Å². The smallest absolute Gasteiger partial charge is 0.279 e. The number of hydroxylamine groups is 2. The van der Waals surface area contributed by atoms with E-state index in [-0.39, 0.29) is 17.2 Å². The lowest BCUT2D eigenvalue weighted by Gasteiger charge is -2.23. The molecule has 1 rings (SSSR count). The summed E-state index contributed by atoms with van der Waals surface area (Å²) in [5.41, 5.74) is 0.214. The van der Waals surface area contributed by atoms with E-state index in [1.807, 2.05) is 0 Å². The number of hydrogen-bond donors (Lipinski definition) is 2. The van der Waals surface area contributed by atoms with Gasteiger partial charge in [-0.2, -0.15) is 5.06 Å². The monoisotopic (exact) mass is 226 g/mol. The number of ether oxygens (including phenoxy) is 1. The number of allylic oxidation sites excluding steroid dienone is 1. The van der Waals surface area contributed by atoms with Crippen molar-refractivity contribution in [2.24, 2.45) is 4.99 Å². The number of methoxy groups -OCH3 is 1. The van der Waals surface area contributed by atoms with Gasteiger partial charge in [-0.05, 0) is 13.8 Å². The van der Waals surface area contributed by atoms with E-state index in [4.69, 9.17) is 4.74 Å². The van der Waals surface area contributed by atoms with E-state index < -0.39 is 5.91 Å². The number of carbonyl (C=O) groups is 1. The third-order valence-electron chi connectivity index (χ3n) is 2.12. The number of aliphatic hydroxyl groups excluding tert-OH is 1. The van der Waals surface area contributed by atoms with Gasteiger partial charge in [0.1, 0.15) is 11.5 Å². The van der Waals surface area contributed by atoms with Crippen LogP contribution in [0.5, 0.6) is 0 Å². The van der Waals surface area contributed by atoms with Crippen molar-refractivity contribution < 1.29 is 19.8 Å². The molecule has 6 nitrogen and oxygen atoms in total. The Labute approximate surface area is 93.1 Å². The van der Waals surface area contributed by atoms with Gasteiger partial charge in [0, 0.05) is 12.6 Å². The summed E-state index contributed by atoms with van der Waals surface area (Å²) in [5, 5.41) is 19.5. The molecule has 0 bridgehead atoms. The molecule has 1 amide bonds. The fourth-order valence-electron chi connectivity index (χ4n) is 1.31. The number of rotatable bonds is 2. The summed E-state index contributed by atoms with van der Waals surface area (Å²) >= 11 is 0. The Morgan fingerprint density at radius 3 is 2.75 bits per heavy atom. The van der Waals surface area contributed by atoms with Crippen LogP contribution in [0.25, 0.3) is 0 Å². The summed E-state index contributed by atoms with van der Waals surface area (Å²) in [5.74, 6) is -0.640. The number of hydrogen-bond acceptors (Lipinski definition) is 5. The average Bonchev–Trinajstić information content (AvgIpc) is 2.25. The van der Waals surface area contributed by atoms with E-state index in [9.17, 15) is 15.1 Å². The zero-order valence-corrected chi connectivity index (χ0v) is 9.39. The Kier molecular flexibility index (Phi) is 3.68. The topological polar surface area (TPSA) is 82.4 Å². The first-order chi connectivity index (χ1) is 7.52. The van der Waals surface area contributed by atoms with Crippen LogP contribution >= 0.6 is 0 Å². The minimum absolute atomic E-state index is 0.00755. The van der Waals surface area contributed by atoms with E-state index in [0.717, 1.165) is 6.08 Å². The molecule has 0 fully saturated rings. The number of carbonyl (C=O) groups excluding carboxylic acids is 1. The summed E-state index contributed by atoms with van der Waals surface area (Å²) in [4.78, 5) is 15.2.